The van der Waals surface area contributed by atoms with Crippen LogP contribution >= 0.6 is 0 Å². The zero-order chi connectivity index (χ0) is 29.9. The number of carbonyl (C=O) groups is 2. The summed E-state index contributed by atoms with van der Waals surface area (Å²) in [5.41, 5.74) is 5.87. The van der Waals surface area contributed by atoms with Gasteiger partial charge in [-0.2, -0.15) is 0 Å². The lowest BCUT2D eigenvalue weighted by Crippen LogP contribution is -2.40. The molecular formula is C34H37N5O3. The average Bonchev–Trinajstić information content (AvgIpc) is 2.98. The first-order valence-corrected chi connectivity index (χ1v) is 14.3. The third-order valence-corrected chi connectivity index (χ3v) is 7.49. The number of nitrogens with zero attached hydrogens (tertiary/aromatic N) is 4. The number of anilines is 1. The summed E-state index contributed by atoms with van der Waals surface area (Å²) < 4.78 is 5.35. The van der Waals surface area contributed by atoms with Crippen molar-refractivity contribution >= 4 is 17.5 Å². The van der Waals surface area contributed by atoms with Crippen LogP contribution in [0.3, 0.4) is 0 Å². The lowest BCUT2D eigenvalue weighted by molar-refractivity contribution is 0.0303. The highest BCUT2D eigenvalue weighted by atomic mass is 16.5. The molecule has 8 nitrogen and oxygen atoms in total. The molecule has 2 amide bonds. The van der Waals surface area contributed by atoms with Gasteiger partial charge in [-0.1, -0.05) is 57.2 Å². The van der Waals surface area contributed by atoms with Crippen LogP contribution in [0.5, 0.6) is 0 Å². The van der Waals surface area contributed by atoms with Gasteiger partial charge in [0.15, 0.2) is 5.82 Å². The van der Waals surface area contributed by atoms with Crippen molar-refractivity contribution < 1.29 is 14.3 Å². The average molecular weight is 564 g/mol. The van der Waals surface area contributed by atoms with Gasteiger partial charge in [0, 0.05) is 41.9 Å². The van der Waals surface area contributed by atoms with Crippen LogP contribution < -0.4 is 5.32 Å². The molecule has 0 saturated carbocycles. The van der Waals surface area contributed by atoms with E-state index in [1.54, 1.807) is 0 Å². The molecule has 0 aliphatic carbocycles. The summed E-state index contributed by atoms with van der Waals surface area (Å²) in [6.45, 7) is 12.6. The Bertz CT molecular complexity index is 1590. The quantitative estimate of drug-likeness (QED) is 0.320. The van der Waals surface area contributed by atoms with Crippen LogP contribution in [0.1, 0.15) is 69.8 Å². The molecule has 1 N–H and O–H groups in total. The first kappa shape index (κ1) is 29.1. The second kappa shape index (κ2) is 12.2. The zero-order valence-electron chi connectivity index (χ0n) is 24.9. The standard InChI is InChI=1S/C34H37N5O3/c1-22-28(7-6-8-29(22)37-32(40)25-13-15-27(16-14-25)34(3,4)5)31-36-23(2)35-30(38-31)21-24-9-11-26(12-10-24)33(41)39-17-19-42-20-18-39/h6-16H,17-21H2,1-5H3,(H,37,40). The molecule has 0 radical (unpaired) electrons. The molecule has 216 valence electrons. The minimum atomic E-state index is -0.168. The number of hydrogen-bond donors (Lipinski definition) is 1. The first-order valence-electron chi connectivity index (χ1n) is 14.3. The van der Waals surface area contributed by atoms with Crippen molar-refractivity contribution in [2.75, 3.05) is 31.6 Å². The summed E-state index contributed by atoms with van der Waals surface area (Å²) in [6, 6.07) is 21.1. The number of hydrogen-bond acceptors (Lipinski definition) is 6. The van der Waals surface area contributed by atoms with E-state index in [2.05, 4.69) is 36.1 Å². The van der Waals surface area contributed by atoms with Gasteiger partial charge in [0.2, 0.25) is 0 Å². The third-order valence-electron chi connectivity index (χ3n) is 7.49. The van der Waals surface area contributed by atoms with Crippen molar-refractivity contribution in [1.82, 2.24) is 19.9 Å². The number of ether oxygens (including phenoxy) is 1. The SMILES string of the molecule is Cc1nc(Cc2ccc(C(=O)N3CCOCC3)cc2)nc(-c2cccc(NC(=O)c3ccc(C(C)(C)C)cc3)c2C)n1. The molecule has 3 aromatic carbocycles. The lowest BCUT2D eigenvalue weighted by atomic mass is 9.86. The molecule has 42 heavy (non-hydrogen) atoms. The monoisotopic (exact) mass is 563 g/mol. The largest absolute Gasteiger partial charge is 0.378 e. The number of morpholine rings is 1. The van der Waals surface area contributed by atoms with E-state index < -0.39 is 0 Å². The van der Waals surface area contributed by atoms with Crippen molar-refractivity contribution in [2.24, 2.45) is 0 Å². The molecule has 5 rings (SSSR count). The highest BCUT2D eigenvalue weighted by Crippen LogP contribution is 2.28. The van der Waals surface area contributed by atoms with E-state index in [0.717, 1.165) is 16.7 Å². The van der Waals surface area contributed by atoms with Gasteiger partial charge in [-0.15, -0.1) is 0 Å². The molecule has 1 aliphatic rings. The molecule has 4 aromatic rings. The predicted octanol–water partition coefficient (Wildman–Crippen LogP) is 5.77. The Kier molecular flexibility index (Phi) is 8.45. The fourth-order valence-corrected chi connectivity index (χ4v) is 4.96. The molecule has 0 spiro atoms. The van der Waals surface area contributed by atoms with E-state index in [-0.39, 0.29) is 17.2 Å². The lowest BCUT2D eigenvalue weighted by Gasteiger charge is -2.26. The van der Waals surface area contributed by atoms with Gasteiger partial charge in [0.05, 0.1) is 13.2 Å². The van der Waals surface area contributed by atoms with Gasteiger partial charge in [0.1, 0.15) is 11.6 Å². The Labute approximate surface area is 247 Å². The summed E-state index contributed by atoms with van der Waals surface area (Å²) in [5.74, 6) is 1.66. The number of aryl methyl sites for hydroxylation is 1. The molecule has 1 aliphatic heterocycles. The van der Waals surface area contributed by atoms with Crippen molar-refractivity contribution in [3.63, 3.8) is 0 Å². The van der Waals surface area contributed by atoms with Crippen LogP contribution in [-0.2, 0) is 16.6 Å². The van der Waals surface area contributed by atoms with E-state index in [4.69, 9.17) is 9.72 Å². The van der Waals surface area contributed by atoms with Crippen molar-refractivity contribution in [3.8, 4) is 11.4 Å². The van der Waals surface area contributed by atoms with E-state index in [1.165, 1.54) is 5.56 Å². The summed E-state index contributed by atoms with van der Waals surface area (Å²) in [4.78, 5) is 41.6. The highest BCUT2D eigenvalue weighted by Gasteiger charge is 2.19. The zero-order valence-corrected chi connectivity index (χ0v) is 24.9. The molecule has 8 heteroatoms. The minimum absolute atomic E-state index is 0.0208. The second-order valence-corrected chi connectivity index (χ2v) is 11.7. The Morgan fingerprint density at radius 1 is 0.857 bits per heavy atom. The number of carbonyl (C=O) groups excluding carboxylic acids is 2. The van der Waals surface area contributed by atoms with Crippen molar-refractivity contribution in [3.05, 3.63) is 106 Å². The van der Waals surface area contributed by atoms with Crippen LogP contribution in [-0.4, -0.2) is 58.0 Å². The van der Waals surface area contributed by atoms with E-state index in [1.807, 2.05) is 85.5 Å². The van der Waals surface area contributed by atoms with Gasteiger partial charge in [-0.25, -0.2) is 15.0 Å². The summed E-state index contributed by atoms with van der Waals surface area (Å²) in [6.07, 6.45) is 0.502. The van der Waals surface area contributed by atoms with E-state index in [0.29, 0.717) is 67.0 Å². The third kappa shape index (κ3) is 6.71. The van der Waals surface area contributed by atoms with E-state index >= 15 is 0 Å². The summed E-state index contributed by atoms with van der Waals surface area (Å²) >= 11 is 0. The number of aromatic nitrogens is 3. The Morgan fingerprint density at radius 2 is 1.52 bits per heavy atom. The smallest absolute Gasteiger partial charge is 0.255 e. The molecule has 0 atom stereocenters. The first-order chi connectivity index (χ1) is 20.1. The van der Waals surface area contributed by atoms with Crippen LogP contribution in [0.15, 0.2) is 66.7 Å². The van der Waals surface area contributed by atoms with E-state index in [9.17, 15) is 9.59 Å². The van der Waals surface area contributed by atoms with Gasteiger partial charge in [-0.3, -0.25) is 9.59 Å². The van der Waals surface area contributed by atoms with Gasteiger partial charge < -0.3 is 15.0 Å². The normalized spacial score (nSPS) is 13.6. The maximum absolute atomic E-state index is 13.1. The number of amides is 2. The van der Waals surface area contributed by atoms with Gasteiger partial charge in [0.25, 0.3) is 11.8 Å². The molecule has 1 aromatic heterocycles. The van der Waals surface area contributed by atoms with Crippen LogP contribution in [0, 0.1) is 13.8 Å². The summed E-state index contributed by atoms with van der Waals surface area (Å²) in [7, 11) is 0. The Balaban J connectivity index is 1.32. The van der Waals surface area contributed by atoms with Gasteiger partial charge >= 0.3 is 0 Å². The molecule has 0 bridgehead atoms. The number of nitrogens with one attached hydrogen (secondary N) is 1. The predicted molar refractivity (Wildman–Crippen MR) is 164 cm³/mol. The Hall–Kier alpha value is -4.43. The number of rotatable bonds is 6. The number of benzene rings is 3. The van der Waals surface area contributed by atoms with Crippen LogP contribution in [0.2, 0.25) is 0 Å². The Morgan fingerprint density at radius 3 is 2.19 bits per heavy atom. The second-order valence-electron chi connectivity index (χ2n) is 11.7. The topological polar surface area (TPSA) is 97.3 Å². The minimum Gasteiger partial charge on any atom is -0.378 e. The van der Waals surface area contributed by atoms with Crippen molar-refractivity contribution in [1.29, 1.82) is 0 Å². The van der Waals surface area contributed by atoms with Crippen molar-refractivity contribution in [2.45, 2.75) is 46.5 Å². The maximum atomic E-state index is 13.1. The fraction of sp³-hybridized carbons (Fsp3) is 0.324. The molecule has 1 saturated heterocycles. The van der Waals surface area contributed by atoms with Crippen LogP contribution in [0.25, 0.3) is 11.4 Å². The van der Waals surface area contributed by atoms with Crippen LogP contribution in [0.4, 0.5) is 5.69 Å². The maximum Gasteiger partial charge on any atom is 0.255 e. The molecular weight excluding hydrogens is 526 g/mol. The molecule has 0 unspecified atom stereocenters. The molecule has 2 heterocycles. The molecule has 1 fully saturated rings. The van der Waals surface area contributed by atoms with Gasteiger partial charge in [-0.05, 0) is 66.3 Å². The highest BCUT2D eigenvalue weighted by molar-refractivity contribution is 6.05. The summed E-state index contributed by atoms with van der Waals surface area (Å²) in [5, 5.41) is 3.05. The fourth-order valence-electron chi connectivity index (χ4n) is 4.96.